The molecule has 0 aliphatic carbocycles. The first-order valence-corrected chi connectivity index (χ1v) is 5.38. The Balaban J connectivity index is 2.49. The number of aromatic nitrogens is 1. The van der Waals surface area contributed by atoms with Crippen molar-refractivity contribution < 1.29 is 9.53 Å². The van der Waals surface area contributed by atoms with Crippen molar-refractivity contribution in [1.82, 2.24) is 4.98 Å². The number of esters is 1. The van der Waals surface area contributed by atoms with Gasteiger partial charge in [-0.1, -0.05) is 11.6 Å². The highest BCUT2D eigenvalue weighted by molar-refractivity contribution is 6.31. The van der Waals surface area contributed by atoms with E-state index in [0.717, 1.165) is 11.1 Å². The molecule has 0 aliphatic heterocycles. The lowest BCUT2D eigenvalue weighted by Crippen LogP contribution is -2.01. The molecule has 0 bridgehead atoms. The number of hydrogen-bond donors (Lipinski definition) is 0. The summed E-state index contributed by atoms with van der Waals surface area (Å²) >= 11 is 5.98. The summed E-state index contributed by atoms with van der Waals surface area (Å²) in [6.45, 7) is 0. The van der Waals surface area contributed by atoms with Crippen molar-refractivity contribution >= 4 is 17.6 Å². The number of carbonyl (C=O) groups is 1. The van der Waals surface area contributed by atoms with E-state index in [1.165, 1.54) is 7.11 Å². The van der Waals surface area contributed by atoms with Crippen LogP contribution in [0.2, 0.25) is 5.02 Å². The summed E-state index contributed by atoms with van der Waals surface area (Å²) in [7, 11) is 1.34. The second kappa shape index (κ2) is 4.97. The molecule has 0 atom stereocenters. The van der Waals surface area contributed by atoms with Crippen molar-refractivity contribution in [2.24, 2.45) is 0 Å². The zero-order chi connectivity index (χ0) is 12.3. The molecular formula is C13H10ClNO2. The minimum atomic E-state index is -0.400. The molecule has 0 unspecified atom stereocenters. The predicted molar refractivity (Wildman–Crippen MR) is 66.0 cm³/mol. The highest BCUT2D eigenvalue weighted by Crippen LogP contribution is 2.24. The Bertz CT molecular complexity index is 540. The molecule has 0 fully saturated rings. The summed E-state index contributed by atoms with van der Waals surface area (Å²) in [6.07, 6.45) is 3.38. The third-order valence-corrected chi connectivity index (χ3v) is 2.55. The van der Waals surface area contributed by atoms with Gasteiger partial charge in [0.25, 0.3) is 0 Å². The number of benzene rings is 1. The van der Waals surface area contributed by atoms with Gasteiger partial charge in [-0.05, 0) is 41.5 Å². The van der Waals surface area contributed by atoms with E-state index in [4.69, 9.17) is 11.6 Å². The van der Waals surface area contributed by atoms with Gasteiger partial charge in [-0.3, -0.25) is 4.98 Å². The summed E-state index contributed by atoms with van der Waals surface area (Å²) in [5.41, 5.74) is 2.25. The Hall–Kier alpha value is -1.87. The van der Waals surface area contributed by atoms with Crippen LogP contribution in [-0.4, -0.2) is 18.1 Å². The fourth-order valence-electron chi connectivity index (χ4n) is 1.54. The van der Waals surface area contributed by atoms with Gasteiger partial charge in [0.1, 0.15) is 0 Å². The van der Waals surface area contributed by atoms with Crippen molar-refractivity contribution in [2.75, 3.05) is 7.11 Å². The largest absolute Gasteiger partial charge is 0.465 e. The molecule has 1 aromatic heterocycles. The summed E-state index contributed by atoms with van der Waals surface area (Å²) in [5, 5.41) is 0.500. The smallest absolute Gasteiger partial charge is 0.337 e. The van der Waals surface area contributed by atoms with Gasteiger partial charge in [0.2, 0.25) is 0 Å². The minimum Gasteiger partial charge on any atom is -0.465 e. The maximum Gasteiger partial charge on any atom is 0.337 e. The van der Waals surface area contributed by atoms with Gasteiger partial charge in [-0.25, -0.2) is 4.79 Å². The first-order valence-electron chi connectivity index (χ1n) is 5.00. The van der Waals surface area contributed by atoms with Gasteiger partial charge >= 0.3 is 5.97 Å². The molecule has 2 aromatic rings. The molecule has 0 aliphatic rings. The Morgan fingerprint density at radius 2 is 1.88 bits per heavy atom. The van der Waals surface area contributed by atoms with E-state index in [0.29, 0.717) is 10.6 Å². The number of ether oxygens (including phenoxy) is 1. The maximum absolute atomic E-state index is 11.5. The van der Waals surface area contributed by atoms with E-state index < -0.39 is 5.97 Å². The lowest BCUT2D eigenvalue weighted by molar-refractivity contribution is 0.0601. The zero-order valence-corrected chi connectivity index (χ0v) is 9.94. The minimum absolute atomic E-state index is 0.400. The molecule has 0 spiro atoms. The Morgan fingerprint density at radius 1 is 1.18 bits per heavy atom. The number of halogens is 1. The van der Waals surface area contributed by atoms with Crippen LogP contribution in [-0.2, 0) is 4.74 Å². The SMILES string of the molecule is COC(=O)c1cc(Cl)cc(-c2ccncc2)c1. The van der Waals surface area contributed by atoms with Crippen LogP contribution in [0, 0.1) is 0 Å². The van der Waals surface area contributed by atoms with E-state index in [9.17, 15) is 4.79 Å². The summed E-state index contributed by atoms with van der Waals surface area (Å²) in [5.74, 6) is -0.400. The fourth-order valence-corrected chi connectivity index (χ4v) is 1.77. The number of pyridine rings is 1. The number of nitrogens with zero attached hydrogens (tertiary/aromatic N) is 1. The number of rotatable bonds is 2. The molecule has 0 saturated carbocycles. The van der Waals surface area contributed by atoms with Crippen LogP contribution in [0.25, 0.3) is 11.1 Å². The van der Waals surface area contributed by atoms with Crippen LogP contribution in [0.5, 0.6) is 0 Å². The van der Waals surface area contributed by atoms with Crippen molar-refractivity contribution in [1.29, 1.82) is 0 Å². The average molecular weight is 248 g/mol. The van der Waals surface area contributed by atoms with E-state index >= 15 is 0 Å². The first kappa shape index (κ1) is 11.6. The average Bonchev–Trinajstić information content (AvgIpc) is 2.38. The van der Waals surface area contributed by atoms with Crippen molar-refractivity contribution in [3.8, 4) is 11.1 Å². The fraction of sp³-hybridized carbons (Fsp3) is 0.0769. The highest BCUT2D eigenvalue weighted by atomic mass is 35.5. The topological polar surface area (TPSA) is 39.2 Å². The molecule has 1 aromatic carbocycles. The Kier molecular flexibility index (Phi) is 3.40. The lowest BCUT2D eigenvalue weighted by Gasteiger charge is -2.05. The number of carbonyl (C=O) groups excluding carboxylic acids is 1. The van der Waals surface area contributed by atoms with Crippen LogP contribution in [0.3, 0.4) is 0 Å². The molecule has 1 heterocycles. The monoisotopic (exact) mass is 247 g/mol. The zero-order valence-electron chi connectivity index (χ0n) is 9.18. The first-order chi connectivity index (χ1) is 8.20. The van der Waals surface area contributed by atoms with E-state index in [2.05, 4.69) is 9.72 Å². The van der Waals surface area contributed by atoms with Gasteiger partial charge in [0, 0.05) is 17.4 Å². The second-order valence-electron chi connectivity index (χ2n) is 3.46. The summed E-state index contributed by atoms with van der Waals surface area (Å²) < 4.78 is 4.67. The molecule has 0 amide bonds. The van der Waals surface area contributed by atoms with Crippen LogP contribution in [0.15, 0.2) is 42.7 Å². The molecule has 4 heteroatoms. The van der Waals surface area contributed by atoms with Gasteiger partial charge in [-0.15, -0.1) is 0 Å². The molecule has 2 rings (SSSR count). The van der Waals surface area contributed by atoms with Gasteiger partial charge in [-0.2, -0.15) is 0 Å². The Morgan fingerprint density at radius 3 is 2.53 bits per heavy atom. The van der Waals surface area contributed by atoms with Crippen LogP contribution >= 0.6 is 11.6 Å². The molecule has 3 nitrogen and oxygen atoms in total. The normalized spacial score (nSPS) is 10.0. The van der Waals surface area contributed by atoms with Crippen molar-refractivity contribution in [2.45, 2.75) is 0 Å². The van der Waals surface area contributed by atoms with E-state index in [-0.39, 0.29) is 0 Å². The second-order valence-corrected chi connectivity index (χ2v) is 3.89. The standard InChI is InChI=1S/C13H10ClNO2/c1-17-13(16)11-6-10(7-12(14)8-11)9-2-4-15-5-3-9/h2-8H,1H3. The van der Waals surface area contributed by atoms with Gasteiger partial charge < -0.3 is 4.74 Å². The molecule has 0 N–H and O–H groups in total. The third kappa shape index (κ3) is 2.63. The van der Waals surface area contributed by atoms with Crippen molar-refractivity contribution in [3.63, 3.8) is 0 Å². The molecule has 0 radical (unpaired) electrons. The molecule has 17 heavy (non-hydrogen) atoms. The predicted octanol–water partition coefficient (Wildman–Crippen LogP) is 3.19. The maximum atomic E-state index is 11.5. The Labute approximate surface area is 104 Å². The highest BCUT2D eigenvalue weighted by Gasteiger charge is 2.09. The van der Waals surface area contributed by atoms with Crippen LogP contribution in [0.1, 0.15) is 10.4 Å². The quantitative estimate of drug-likeness (QED) is 0.765. The number of methoxy groups -OCH3 is 1. The van der Waals surface area contributed by atoms with Crippen LogP contribution in [0.4, 0.5) is 0 Å². The lowest BCUT2D eigenvalue weighted by atomic mass is 10.0. The van der Waals surface area contributed by atoms with Gasteiger partial charge in [0.15, 0.2) is 0 Å². The van der Waals surface area contributed by atoms with E-state index in [1.807, 2.05) is 12.1 Å². The van der Waals surface area contributed by atoms with E-state index in [1.54, 1.807) is 30.6 Å². The molecular weight excluding hydrogens is 238 g/mol. The summed E-state index contributed by atoms with van der Waals surface area (Å²) in [6, 6.07) is 8.83. The number of hydrogen-bond acceptors (Lipinski definition) is 3. The van der Waals surface area contributed by atoms with Crippen LogP contribution < -0.4 is 0 Å². The molecule has 86 valence electrons. The summed E-state index contributed by atoms with van der Waals surface area (Å²) in [4.78, 5) is 15.4. The van der Waals surface area contributed by atoms with Gasteiger partial charge in [0.05, 0.1) is 12.7 Å². The molecule has 0 saturated heterocycles. The third-order valence-electron chi connectivity index (χ3n) is 2.33. The van der Waals surface area contributed by atoms with Crippen molar-refractivity contribution in [3.05, 3.63) is 53.3 Å².